The fourth-order valence-corrected chi connectivity index (χ4v) is 2.05. The van der Waals surface area contributed by atoms with Crippen molar-refractivity contribution in [2.45, 2.75) is 38.9 Å². The monoisotopic (exact) mass is 308 g/mol. The molecule has 0 aliphatic carbocycles. The Labute approximate surface area is 116 Å². The fraction of sp³-hybridized carbons (Fsp3) is 0.500. The highest BCUT2D eigenvalue weighted by molar-refractivity contribution is 9.10. The molecule has 1 fully saturated rings. The van der Waals surface area contributed by atoms with Crippen LogP contribution in [0.3, 0.4) is 0 Å². The minimum Gasteiger partial charge on any atom is -0.398 e. The molecule has 2 heterocycles. The molecular weight excluding hydrogens is 295 g/mol. The molecule has 18 heavy (non-hydrogen) atoms. The average molecular weight is 309 g/mol. The first kappa shape index (κ1) is 13.5. The standard InChI is InChI=1S/C12H14BBrN2O2/c1-11(2)12(3,4)18-13(17-11)10-5-9(14)8(6-15)7-16-10/h5,7H,1-4H3. The van der Waals surface area contributed by atoms with Crippen molar-refractivity contribution in [1.82, 2.24) is 4.98 Å². The molecule has 1 saturated heterocycles. The highest BCUT2D eigenvalue weighted by Crippen LogP contribution is 2.36. The topological polar surface area (TPSA) is 55.1 Å². The summed E-state index contributed by atoms with van der Waals surface area (Å²) in [6, 6.07) is 3.82. The molecule has 4 nitrogen and oxygen atoms in total. The van der Waals surface area contributed by atoms with Crippen LogP contribution in [0.2, 0.25) is 0 Å². The normalized spacial score (nSPS) is 20.8. The van der Waals surface area contributed by atoms with Crippen molar-refractivity contribution >= 4 is 28.6 Å². The number of aromatic nitrogens is 1. The highest BCUT2D eigenvalue weighted by atomic mass is 79.9. The van der Waals surface area contributed by atoms with Crippen molar-refractivity contribution in [2.75, 3.05) is 0 Å². The van der Waals surface area contributed by atoms with Gasteiger partial charge in [0.2, 0.25) is 0 Å². The predicted octanol–water partition coefficient (Wildman–Crippen LogP) is 2.01. The number of nitrogens with zero attached hydrogens (tertiary/aromatic N) is 2. The van der Waals surface area contributed by atoms with Crippen molar-refractivity contribution in [2.24, 2.45) is 0 Å². The first-order valence-corrected chi connectivity index (χ1v) is 6.47. The van der Waals surface area contributed by atoms with Gasteiger partial charge in [-0.15, -0.1) is 0 Å². The van der Waals surface area contributed by atoms with Gasteiger partial charge in [-0.05, 0) is 49.7 Å². The van der Waals surface area contributed by atoms with Gasteiger partial charge in [0.15, 0.2) is 0 Å². The maximum Gasteiger partial charge on any atom is 0.514 e. The Kier molecular flexibility index (Phi) is 3.26. The average Bonchev–Trinajstić information content (AvgIpc) is 2.48. The van der Waals surface area contributed by atoms with Crippen LogP contribution in [0.1, 0.15) is 33.3 Å². The largest absolute Gasteiger partial charge is 0.514 e. The number of rotatable bonds is 1. The van der Waals surface area contributed by atoms with Gasteiger partial charge in [0, 0.05) is 10.7 Å². The van der Waals surface area contributed by atoms with Crippen LogP contribution in [0.25, 0.3) is 0 Å². The number of pyridine rings is 1. The van der Waals surface area contributed by atoms with E-state index in [1.807, 2.05) is 27.7 Å². The molecular formula is C12H14BBrN2O2. The van der Waals surface area contributed by atoms with Crippen molar-refractivity contribution in [3.8, 4) is 6.07 Å². The summed E-state index contributed by atoms with van der Waals surface area (Å²) in [5, 5.41) is 8.86. The number of hydrogen-bond acceptors (Lipinski definition) is 4. The van der Waals surface area contributed by atoms with Gasteiger partial charge in [0.25, 0.3) is 0 Å². The lowest BCUT2D eigenvalue weighted by Crippen LogP contribution is -2.41. The predicted molar refractivity (Wildman–Crippen MR) is 72.4 cm³/mol. The molecule has 0 radical (unpaired) electrons. The molecule has 0 aromatic carbocycles. The smallest absolute Gasteiger partial charge is 0.398 e. The first-order chi connectivity index (χ1) is 8.27. The van der Waals surface area contributed by atoms with E-state index in [0.29, 0.717) is 15.6 Å². The second-order valence-electron chi connectivity index (χ2n) is 5.29. The zero-order valence-corrected chi connectivity index (χ0v) is 12.4. The lowest BCUT2D eigenvalue weighted by molar-refractivity contribution is 0.00578. The summed E-state index contributed by atoms with van der Waals surface area (Å²) in [6.07, 6.45) is 1.52. The van der Waals surface area contributed by atoms with E-state index in [-0.39, 0.29) is 11.2 Å². The fourth-order valence-electron chi connectivity index (χ4n) is 1.62. The molecule has 1 aliphatic heterocycles. The Hall–Kier alpha value is -0.895. The Morgan fingerprint density at radius 2 is 1.83 bits per heavy atom. The van der Waals surface area contributed by atoms with Crippen LogP contribution in [0.5, 0.6) is 0 Å². The van der Waals surface area contributed by atoms with Gasteiger partial charge in [-0.3, -0.25) is 4.98 Å². The first-order valence-electron chi connectivity index (χ1n) is 5.68. The van der Waals surface area contributed by atoms with E-state index >= 15 is 0 Å². The minimum absolute atomic E-state index is 0.389. The molecule has 1 aromatic rings. The lowest BCUT2D eigenvalue weighted by Gasteiger charge is -2.32. The van der Waals surface area contributed by atoms with Crippen LogP contribution in [-0.2, 0) is 9.31 Å². The third-order valence-corrected chi connectivity index (χ3v) is 4.15. The van der Waals surface area contributed by atoms with Crippen LogP contribution in [0.15, 0.2) is 16.7 Å². The molecule has 0 amide bonds. The van der Waals surface area contributed by atoms with Gasteiger partial charge in [0.1, 0.15) is 6.07 Å². The van der Waals surface area contributed by atoms with Gasteiger partial charge in [-0.2, -0.15) is 5.26 Å². The molecule has 0 N–H and O–H groups in total. The van der Waals surface area contributed by atoms with E-state index < -0.39 is 7.12 Å². The summed E-state index contributed by atoms with van der Waals surface area (Å²) in [5.41, 5.74) is 0.384. The molecule has 6 heteroatoms. The molecule has 0 unspecified atom stereocenters. The number of nitriles is 1. The highest BCUT2D eigenvalue weighted by Gasteiger charge is 2.52. The van der Waals surface area contributed by atoms with E-state index in [0.717, 1.165) is 0 Å². The molecule has 1 aliphatic rings. The quantitative estimate of drug-likeness (QED) is 0.745. The van der Waals surface area contributed by atoms with Crippen LogP contribution in [-0.4, -0.2) is 23.3 Å². The number of halogens is 1. The Bertz CT molecular complexity index is 509. The van der Waals surface area contributed by atoms with Crippen molar-refractivity contribution in [3.05, 3.63) is 22.3 Å². The van der Waals surface area contributed by atoms with Crippen molar-refractivity contribution in [1.29, 1.82) is 5.26 Å². The second-order valence-corrected chi connectivity index (χ2v) is 6.14. The van der Waals surface area contributed by atoms with Gasteiger partial charge < -0.3 is 9.31 Å². The maximum absolute atomic E-state index is 8.86. The van der Waals surface area contributed by atoms with Crippen molar-refractivity contribution < 1.29 is 9.31 Å². The van der Waals surface area contributed by atoms with Crippen LogP contribution >= 0.6 is 15.9 Å². The zero-order valence-electron chi connectivity index (χ0n) is 10.8. The Morgan fingerprint density at radius 3 is 2.28 bits per heavy atom. The van der Waals surface area contributed by atoms with E-state index in [1.165, 1.54) is 6.20 Å². The minimum atomic E-state index is -0.501. The summed E-state index contributed by atoms with van der Waals surface area (Å²) in [7, 11) is -0.501. The van der Waals surface area contributed by atoms with Gasteiger partial charge >= 0.3 is 7.12 Å². The van der Waals surface area contributed by atoms with Crippen LogP contribution < -0.4 is 5.59 Å². The number of hydrogen-bond donors (Lipinski definition) is 0. The molecule has 0 spiro atoms. The Morgan fingerprint density at radius 1 is 1.28 bits per heavy atom. The van der Waals surface area contributed by atoms with Crippen LogP contribution in [0, 0.1) is 11.3 Å². The lowest BCUT2D eigenvalue weighted by atomic mass is 9.84. The summed E-state index contributed by atoms with van der Waals surface area (Å²) in [5.74, 6) is 0. The van der Waals surface area contributed by atoms with E-state index in [1.54, 1.807) is 6.07 Å². The maximum atomic E-state index is 8.86. The second kappa shape index (κ2) is 4.34. The third kappa shape index (κ3) is 2.18. The summed E-state index contributed by atoms with van der Waals surface area (Å²) < 4.78 is 12.5. The van der Waals surface area contributed by atoms with E-state index in [2.05, 4.69) is 27.0 Å². The molecule has 94 valence electrons. The molecule has 2 rings (SSSR count). The third-order valence-electron chi connectivity index (χ3n) is 3.49. The molecule has 0 atom stereocenters. The van der Waals surface area contributed by atoms with Gasteiger partial charge in [-0.1, -0.05) is 0 Å². The molecule has 1 aromatic heterocycles. The summed E-state index contributed by atoms with van der Waals surface area (Å²) >= 11 is 3.34. The van der Waals surface area contributed by atoms with Crippen LogP contribution in [0.4, 0.5) is 0 Å². The van der Waals surface area contributed by atoms with E-state index in [4.69, 9.17) is 14.6 Å². The SMILES string of the molecule is CC1(C)OB(c2cc(Br)c(C#N)cn2)OC1(C)C. The zero-order chi connectivity index (χ0) is 13.6. The Balaban J connectivity index is 2.31. The van der Waals surface area contributed by atoms with Crippen molar-refractivity contribution in [3.63, 3.8) is 0 Å². The summed E-state index contributed by atoms with van der Waals surface area (Å²) in [4.78, 5) is 4.22. The van der Waals surface area contributed by atoms with Gasteiger partial charge in [0.05, 0.1) is 22.4 Å². The molecule has 0 saturated carbocycles. The molecule has 0 bridgehead atoms. The summed E-state index contributed by atoms with van der Waals surface area (Å²) in [6.45, 7) is 7.97. The van der Waals surface area contributed by atoms with Gasteiger partial charge in [-0.25, -0.2) is 0 Å². The van der Waals surface area contributed by atoms with E-state index in [9.17, 15) is 0 Å².